The highest BCUT2D eigenvalue weighted by atomic mass is 19.4. The van der Waals surface area contributed by atoms with Gasteiger partial charge in [0.05, 0.1) is 11.6 Å². The molecule has 1 saturated carbocycles. The van der Waals surface area contributed by atoms with E-state index in [9.17, 15) is 22.4 Å². The molecule has 152 valence electrons. The van der Waals surface area contributed by atoms with Crippen LogP contribution in [0.3, 0.4) is 0 Å². The molecule has 0 bridgehead atoms. The van der Waals surface area contributed by atoms with Crippen LogP contribution in [0.4, 0.5) is 17.6 Å². The Morgan fingerprint density at radius 3 is 2.54 bits per heavy atom. The maximum atomic E-state index is 14.2. The lowest BCUT2D eigenvalue weighted by molar-refractivity contribution is -0.139. The number of nitrogens with zero attached hydrogens (tertiary/aromatic N) is 2. The van der Waals surface area contributed by atoms with Crippen molar-refractivity contribution in [3.8, 4) is 0 Å². The van der Waals surface area contributed by atoms with E-state index in [0.29, 0.717) is 31.6 Å². The van der Waals surface area contributed by atoms with Gasteiger partial charge in [0.2, 0.25) is 0 Å². The van der Waals surface area contributed by atoms with Crippen molar-refractivity contribution in [1.29, 1.82) is 0 Å². The van der Waals surface area contributed by atoms with Crippen molar-refractivity contribution >= 4 is 11.6 Å². The zero-order chi connectivity index (χ0) is 19.9. The maximum Gasteiger partial charge on any atom is 0.416 e. The zero-order valence-corrected chi connectivity index (χ0v) is 15.4. The third-order valence-electron chi connectivity index (χ3n) is 6.24. The summed E-state index contributed by atoms with van der Waals surface area (Å²) < 4.78 is 54.1. The quantitative estimate of drug-likeness (QED) is 0.765. The van der Waals surface area contributed by atoms with Crippen molar-refractivity contribution in [2.75, 3.05) is 13.1 Å². The predicted octanol–water partition coefficient (Wildman–Crippen LogP) is 4.07. The first-order valence-electron chi connectivity index (χ1n) is 9.84. The average Bonchev–Trinajstić information content (AvgIpc) is 3.11. The van der Waals surface area contributed by atoms with Crippen molar-refractivity contribution in [3.05, 3.63) is 35.1 Å². The highest BCUT2D eigenvalue weighted by Gasteiger charge is 2.41. The second kappa shape index (κ2) is 7.37. The van der Waals surface area contributed by atoms with Gasteiger partial charge in [0.25, 0.3) is 5.91 Å². The SMILES string of the molecule is O=C(C1=NNC2CCCCC12)N1CCC(c2c(F)cccc2C(F)(F)F)CC1. The van der Waals surface area contributed by atoms with E-state index in [1.54, 1.807) is 4.90 Å². The van der Waals surface area contributed by atoms with Gasteiger partial charge in [-0.05, 0) is 43.7 Å². The third kappa shape index (κ3) is 3.49. The molecular weight excluding hydrogens is 374 g/mol. The minimum absolute atomic E-state index is 0.127. The Morgan fingerprint density at radius 2 is 1.82 bits per heavy atom. The maximum absolute atomic E-state index is 14.2. The van der Waals surface area contributed by atoms with E-state index < -0.39 is 23.5 Å². The van der Waals surface area contributed by atoms with Gasteiger partial charge in [0.1, 0.15) is 11.5 Å². The summed E-state index contributed by atoms with van der Waals surface area (Å²) in [5.74, 6) is -1.38. The molecule has 2 heterocycles. The Bertz CT molecular complexity index is 784. The Morgan fingerprint density at radius 1 is 1.11 bits per heavy atom. The van der Waals surface area contributed by atoms with Gasteiger partial charge in [-0.3, -0.25) is 4.79 Å². The van der Waals surface area contributed by atoms with E-state index in [-0.39, 0.29) is 23.4 Å². The minimum Gasteiger partial charge on any atom is -0.337 e. The molecule has 0 radical (unpaired) electrons. The molecule has 1 amide bonds. The van der Waals surface area contributed by atoms with Crippen LogP contribution < -0.4 is 5.43 Å². The lowest BCUT2D eigenvalue weighted by Crippen LogP contribution is -2.45. The number of carbonyl (C=O) groups excluding carboxylic acids is 1. The van der Waals surface area contributed by atoms with E-state index in [1.807, 2.05) is 0 Å². The van der Waals surface area contributed by atoms with Gasteiger partial charge in [-0.1, -0.05) is 18.9 Å². The fraction of sp³-hybridized carbons (Fsp3) is 0.600. The van der Waals surface area contributed by atoms with E-state index >= 15 is 0 Å². The normalized spacial score (nSPS) is 25.9. The number of carbonyl (C=O) groups is 1. The summed E-state index contributed by atoms with van der Waals surface area (Å²) in [5.41, 5.74) is 2.43. The number of halogens is 4. The molecule has 4 rings (SSSR count). The number of nitrogens with one attached hydrogen (secondary N) is 1. The van der Waals surface area contributed by atoms with E-state index in [1.165, 1.54) is 0 Å². The summed E-state index contributed by atoms with van der Waals surface area (Å²) in [6, 6.07) is 3.31. The summed E-state index contributed by atoms with van der Waals surface area (Å²) >= 11 is 0. The molecule has 8 heteroatoms. The first kappa shape index (κ1) is 19.2. The van der Waals surface area contributed by atoms with Gasteiger partial charge < -0.3 is 10.3 Å². The number of hydrogen-bond donors (Lipinski definition) is 1. The van der Waals surface area contributed by atoms with Crippen molar-refractivity contribution in [3.63, 3.8) is 0 Å². The zero-order valence-electron chi connectivity index (χ0n) is 15.4. The molecule has 2 unspecified atom stereocenters. The van der Waals surface area contributed by atoms with Crippen LogP contribution >= 0.6 is 0 Å². The topological polar surface area (TPSA) is 44.7 Å². The number of benzene rings is 1. The smallest absolute Gasteiger partial charge is 0.337 e. The number of piperidine rings is 1. The number of fused-ring (bicyclic) bond motifs is 1. The molecule has 2 fully saturated rings. The van der Waals surface area contributed by atoms with Crippen molar-refractivity contribution < 1.29 is 22.4 Å². The van der Waals surface area contributed by atoms with Crippen LogP contribution in [0.15, 0.2) is 23.3 Å². The molecule has 1 aromatic carbocycles. The van der Waals surface area contributed by atoms with Gasteiger partial charge in [-0.25, -0.2) is 4.39 Å². The van der Waals surface area contributed by atoms with Gasteiger partial charge >= 0.3 is 6.18 Å². The molecule has 28 heavy (non-hydrogen) atoms. The first-order chi connectivity index (χ1) is 13.4. The summed E-state index contributed by atoms with van der Waals surface area (Å²) in [6.07, 6.45) is 0.161. The second-order valence-corrected chi connectivity index (χ2v) is 7.89. The van der Waals surface area contributed by atoms with Crippen molar-refractivity contribution in [2.45, 2.75) is 56.7 Å². The van der Waals surface area contributed by atoms with E-state index in [2.05, 4.69) is 10.5 Å². The molecule has 1 saturated heterocycles. The minimum atomic E-state index is -4.59. The van der Waals surface area contributed by atoms with Crippen molar-refractivity contribution in [1.82, 2.24) is 10.3 Å². The highest BCUT2D eigenvalue weighted by molar-refractivity contribution is 6.40. The van der Waals surface area contributed by atoms with Gasteiger partial charge in [-0.2, -0.15) is 18.3 Å². The predicted molar refractivity (Wildman–Crippen MR) is 96.3 cm³/mol. The fourth-order valence-corrected chi connectivity index (χ4v) is 4.79. The van der Waals surface area contributed by atoms with Crippen LogP contribution in [-0.2, 0) is 11.0 Å². The van der Waals surface area contributed by atoms with Gasteiger partial charge in [0, 0.05) is 24.6 Å². The van der Waals surface area contributed by atoms with Crippen LogP contribution in [0.1, 0.15) is 55.6 Å². The summed E-state index contributed by atoms with van der Waals surface area (Å²) in [7, 11) is 0. The Labute approximate surface area is 161 Å². The summed E-state index contributed by atoms with van der Waals surface area (Å²) in [5, 5.41) is 4.26. The number of alkyl halides is 3. The standard InChI is InChI=1S/C20H23F4N3O/c21-15-6-3-5-14(20(22,23)24)17(15)12-8-10-27(11-9-12)19(28)18-13-4-1-2-7-16(13)25-26-18/h3,5-6,12-13,16,25H,1-2,4,7-11H2. The number of amides is 1. The molecule has 1 N–H and O–H groups in total. The Balaban J connectivity index is 1.45. The Hall–Kier alpha value is -2.12. The molecule has 1 aromatic rings. The van der Waals surface area contributed by atoms with Crippen LogP contribution in [0, 0.1) is 11.7 Å². The molecule has 0 spiro atoms. The summed E-state index contributed by atoms with van der Waals surface area (Å²) in [4.78, 5) is 14.5. The highest BCUT2D eigenvalue weighted by Crippen LogP contribution is 2.40. The van der Waals surface area contributed by atoms with Crippen LogP contribution in [0.25, 0.3) is 0 Å². The number of hydrazone groups is 1. The molecular formula is C20H23F4N3O. The van der Waals surface area contributed by atoms with Crippen LogP contribution in [0.2, 0.25) is 0 Å². The Kier molecular flexibility index (Phi) is 5.05. The monoisotopic (exact) mass is 397 g/mol. The second-order valence-electron chi connectivity index (χ2n) is 7.89. The van der Waals surface area contributed by atoms with Crippen molar-refractivity contribution in [2.24, 2.45) is 11.0 Å². The molecule has 2 aliphatic heterocycles. The number of hydrogen-bond acceptors (Lipinski definition) is 3. The largest absolute Gasteiger partial charge is 0.416 e. The number of likely N-dealkylation sites (tertiary alicyclic amines) is 1. The average molecular weight is 397 g/mol. The van der Waals surface area contributed by atoms with Gasteiger partial charge in [-0.15, -0.1) is 0 Å². The number of rotatable bonds is 2. The summed E-state index contributed by atoms with van der Waals surface area (Å²) in [6.45, 7) is 0.622. The molecule has 0 aromatic heterocycles. The van der Waals surface area contributed by atoms with Crippen LogP contribution in [0.5, 0.6) is 0 Å². The van der Waals surface area contributed by atoms with E-state index in [4.69, 9.17) is 0 Å². The van der Waals surface area contributed by atoms with Gasteiger partial charge in [0.15, 0.2) is 0 Å². The van der Waals surface area contributed by atoms with Crippen LogP contribution in [-0.4, -0.2) is 35.7 Å². The third-order valence-corrected chi connectivity index (χ3v) is 6.24. The molecule has 3 aliphatic rings. The first-order valence-corrected chi connectivity index (χ1v) is 9.84. The molecule has 1 aliphatic carbocycles. The lowest BCUT2D eigenvalue weighted by atomic mass is 9.81. The lowest BCUT2D eigenvalue weighted by Gasteiger charge is -2.34. The molecule has 2 atom stereocenters. The molecule has 4 nitrogen and oxygen atoms in total. The fourth-order valence-electron chi connectivity index (χ4n) is 4.79. The van der Waals surface area contributed by atoms with E-state index in [0.717, 1.165) is 43.9 Å².